The molecule has 2 N–H and O–H groups in total. The van der Waals surface area contributed by atoms with Crippen molar-refractivity contribution in [3.63, 3.8) is 0 Å². The average molecular weight is 446 g/mol. The first kappa shape index (κ1) is 22.3. The highest BCUT2D eigenvalue weighted by atomic mass is 32.2. The van der Waals surface area contributed by atoms with Gasteiger partial charge in [-0.05, 0) is 12.3 Å². The molecule has 0 spiro atoms. The summed E-state index contributed by atoms with van der Waals surface area (Å²) in [4.78, 5) is 3.93. The lowest BCUT2D eigenvalue weighted by Gasteiger charge is -2.34. The van der Waals surface area contributed by atoms with Crippen molar-refractivity contribution in [3.8, 4) is 6.07 Å². The van der Waals surface area contributed by atoms with E-state index >= 15 is 0 Å². The van der Waals surface area contributed by atoms with Crippen molar-refractivity contribution in [1.29, 1.82) is 5.26 Å². The first-order chi connectivity index (χ1) is 13.8. The predicted octanol–water partition coefficient (Wildman–Crippen LogP) is 1.55. The molecule has 1 aliphatic heterocycles. The molecule has 1 fully saturated rings. The van der Waals surface area contributed by atoms with Gasteiger partial charge >= 0.3 is 6.18 Å². The van der Waals surface area contributed by atoms with Crippen LogP contribution in [0, 0.1) is 11.3 Å². The Morgan fingerprint density at radius 1 is 1.40 bits per heavy atom. The fraction of sp³-hybridized carbons (Fsp3) is 0.588. The van der Waals surface area contributed by atoms with E-state index in [1.54, 1.807) is 19.9 Å². The monoisotopic (exact) mass is 446 g/mol. The fourth-order valence-electron chi connectivity index (χ4n) is 3.61. The highest BCUT2D eigenvalue weighted by Gasteiger charge is 2.40. The zero-order valence-electron chi connectivity index (χ0n) is 16.5. The van der Waals surface area contributed by atoms with Crippen molar-refractivity contribution >= 4 is 21.5 Å². The third kappa shape index (κ3) is 4.07. The normalized spacial score (nSPS) is 21.2. The van der Waals surface area contributed by atoms with E-state index in [1.165, 1.54) is 0 Å². The molecular formula is C17H21F3N6O3S. The molecule has 9 nitrogen and oxygen atoms in total. The van der Waals surface area contributed by atoms with Gasteiger partial charge < -0.3 is 10.4 Å². The number of β-amino-alcohol motifs (C(OH)–C–C–N with tert-alkyl or cyclic N) is 1. The Kier molecular flexibility index (Phi) is 5.70. The van der Waals surface area contributed by atoms with Gasteiger partial charge in [-0.3, -0.25) is 0 Å². The maximum absolute atomic E-state index is 13.6. The second kappa shape index (κ2) is 7.68. The topological polar surface area (TPSA) is 124 Å². The van der Waals surface area contributed by atoms with Crippen molar-refractivity contribution < 1.29 is 26.7 Å². The smallest absolute Gasteiger partial charge is 0.390 e. The summed E-state index contributed by atoms with van der Waals surface area (Å²) < 4.78 is 66.2. The minimum absolute atomic E-state index is 0.0329. The Labute approximate surface area is 171 Å². The quantitative estimate of drug-likeness (QED) is 0.730. The standard InChI is InChI=1S/C17H21F3N6O3S/c1-9(2)15-10(6-21)14(17(18,19)20)12-7-22-16(24-26(12)15)23-11-4-5-25(8-13(11)27)30(3,28)29/h7,9,11,13,27H,4-5,8H2,1-3H3,(H,23,24)/t11-,13-/m1/s1. The summed E-state index contributed by atoms with van der Waals surface area (Å²) in [5.74, 6) is -0.455. The third-order valence-electron chi connectivity index (χ3n) is 4.99. The SMILES string of the molecule is CC(C)c1c(C#N)c(C(F)(F)F)c2cnc(N[C@@H]3CCN(S(C)(=O)=O)C[C@H]3O)nn12. The molecule has 0 unspecified atom stereocenters. The number of sulfonamides is 1. The molecule has 1 aliphatic rings. The van der Waals surface area contributed by atoms with Gasteiger partial charge in [0, 0.05) is 13.1 Å². The number of nitrogens with zero attached hydrogens (tertiary/aromatic N) is 5. The molecule has 3 heterocycles. The molecule has 30 heavy (non-hydrogen) atoms. The van der Waals surface area contributed by atoms with E-state index in [1.807, 2.05) is 0 Å². The number of hydrogen-bond donors (Lipinski definition) is 2. The minimum atomic E-state index is -4.75. The average Bonchev–Trinajstić information content (AvgIpc) is 2.96. The van der Waals surface area contributed by atoms with Crippen molar-refractivity contribution in [2.24, 2.45) is 0 Å². The summed E-state index contributed by atoms with van der Waals surface area (Å²) in [7, 11) is -3.44. The number of halogens is 3. The van der Waals surface area contributed by atoms with E-state index in [4.69, 9.17) is 0 Å². The molecule has 0 aliphatic carbocycles. The van der Waals surface area contributed by atoms with Crippen LogP contribution in [0.5, 0.6) is 0 Å². The van der Waals surface area contributed by atoms with E-state index in [2.05, 4.69) is 15.4 Å². The van der Waals surface area contributed by atoms with Gasteiger partial charge in [0.15, 0.2) is 0 Å². The Hall–Kier alpha value is -2.43. The summed E-state index contributed by atoms with van der Waals surface area (Å²) in [6.07, 6.45) is -3.51. The Balaban J connectivity index is 1.98. The van der Waals surface area contributed by atoms with Crippen molar-refractivity contribution in [1.82, 2.24) is 18.9 Å². The van der Waals surface area contributed by atoms with Crippen LogP contribution in [-0.2, 0) is 16.2 Å². The van der Waals surface area contributed by atoms with Gasteiger partial charge in [0.1, 0.15) is 11.6 Å². The molecule has 2 atom stereocenters. The number of aliphatic hydroxyl groups excluding tert-OH is 1. The Morgan fingerprint density at radius 3 is 2.57 bits per heavy atom. The van der Waals surface area contributed by atoms with Crippen LogP contribution in [0.4, 0.5) is 19.1 Å². The minimum Gasteiger partial charge on any atom is -0.390 e. The summed E-state index contributed by atoms with van der Waals surface area (Å²) in [5.41, 5.74) is -1.80. The summed E-state index contributed by atoms with van der Waals surface area (Å²) >= 11 is 0. The van der Waals surface area contributed by atoms with Crippen LogP contribution < -0.4 is 5.32 Å². The number of anilines is 1. The molecule has 1 saturated heterocycles. The summed E-state index contributed by atoms with van der Waals surface area (Å²) in [6.45, 7) is 3.37. The molecular weight excluding hydrogens is 425 g/mol. The number of nitriles is 1. The van der Waals surface area contributed by atoms with Gasteiger partial charge in [-0.2, -0.15) is 22.7 Å². The zero-order chi connectivity index (χ0) is 22.4. The first-order valence-electron chi connectivity index (χ1n) is 9.13. The number of aliphatic hydroxyl groups is 1. The zero-order valence-corrected chi connectivity index (χ0v) is 17.3. The molecule has 0 radical (unpaired) electrons. The van der Waals surface area contributed by atoms with Crippen LogP contribution in [0.15, 0.2) is 6.20 Å². The van der Waals surface area contributed by atoms with Gasteiger partial charge in [0.25, 0.3) is 0 Å². The van der Waals surface area contributed by atoms with Gasteiger partial charge in [-0.25, -0.2) is 17.9 Å². The highest BCUT2D eigenvalue weighted by molar-refractivity contribution is 7.88. The molecule has 0 bridgehead atoms. The second-order valence-corrected chi connectivity index (χ2v) is 9.49. The largest absolute Gasteiger partial charge is 0.419 e. The van der Waals surface area contributed by atoms with Crippen molar-refractivity contribution in [2.75, 3.05) is 24.7 Å². The van der Waals surface area contributed by atoms with Crippen LogP contribution in [0.25, 0.3) is 5.52 Å². The number of alkyl halides is 3. The summed E-state index contributed by atoms with van der Waals surface area (Å²) in [5, 5.41) is 26.6. The van der Waals surface area contributed by atoms with E-state index in [-0.39, 0.29) is 36.7 Å². The van der Waals surface area contributed by atoms with Crippen molar-refractivity contribution in [3.05, 3.63) is 23.0 Å². The Bertz CT molecular complexity index is 1110. The number of aromatic nitrogens is 3. The summed E-state index contributed by atoms with van der Waals surface area (Å²) in [6, 6.07) is 1.05. The molecule has 164 valence electrons. The van der Waals surface area contributed by atoms with Gasteiger partial charge in [-0.15, -0.1) is 5.10 Å². The van der Waals surface area contributed by atoms with Crippen LogP contribution in [0.1, 0.15) is 43.0 Å². The van der Waals surface area contributed by atoms with Gasteiger partial charge in [0.2, 0.25) is 16.0 Å². The fourth-order valence-corrected chi connectivity index (χ4v) is 4.47. The Morgan fingerprint density at radius 2 is 2.07 bits per heavy atom. The van der Waals surface area contributed by atoms with Crippen LogP contribution in [0.2, 0.25) is 0 Å². The van der Waals surface area contributed by atoms with E-state index in [9.17, 15) is 32.0 Å². The number of piperidine rings is 1. The second-order valence-electron chi connectivity index (χ2n) is 7.51. The molecule has 2 aromatic rings. The lowest BCUT2D eigenvalue weighted by Crippen LogP contribution is -2.51. The highest BCUT2D eigenvalue weighted by Crippen LogP contribution is 2.39. The van der Waals surface area contributed by atoms with E-state index < -0.39 is 45.4 Å². The predicted molar refractivity (Wildman–Crippen MR) is 101 cm³/mol. The van der Waals surface area contributed by atoms with Crippen molar-refractivity contribution in [2.45, 2.75) is 44.5 Å². The van der Waals surface area contributed by atoms with Crippen LogP contribution in [-0.4, -0.2) is 63.9 Å². The molecule has 0 saturated carbocycles. The maximum atomic E-state index is 13.6. The maximum Gasteiger partial charge on any atom is 0.419 e. The number of fused-ring (bicyclic) bond motifs is 1. The molecule has 13 heteroatoms. The van der Waals surface area contributed by atoms with Gasteiger partial charge in [-0.1, -0.05) is 13.8 Å². The number of nitrogens with one attached hydrogen (secondary N) is 1. The lowest BCUT2D eigenvalue weighted by atomic mass is 10.0. The molecule has 2 aromatic heterocycles. The van der Waals surface area contributed by atoms with E-state index in [0.29, 0.717) is 0 Å². The van der Waals surface area contributed by atoms with Gasteiger partial charge in [0.05, 0.1) is 41.4 Å². The molecule has 3 rings (SSSR count). The lowest BCUT2D eigenvalue weighted by molar-refractivity contribution is -0.136. The first-order valence-corrected chi connectivity index (χ1v) is 11.0. The third-order valence-corrected chi connectivity index (χ3v) is 6.26. The molecule has 0 aromatic carbocycles. The molecule has 0 amide bonds. The van der Waals surface area contributed by atoms with Crippen LogP contribution in [0.3, 0.4) is 0 Å². The van der Waals surface area contributed by atoms with Crippen LogP contribution >= 0.6 is 0 Å². The number of rotatable bonds is 4. The number of hydrogen-bond acceptors (Lipinski definition) is 7. The van der Waals surface area contributed by atoms with E-state index in [0.717, 1.165) is 21.3 Å².